The van der Waals surface area contributed by atoms with Gasteiger partial charge in [0, 0.05) is 9.90 Å². The Morgan fingerprint density at radius 2 is 2.10 bits per heavy atom. The van der Waals surface area contributed by atoms with E-state index in [1.807, 2.05) is 26.8 Å². The Kier molecular flexibility index (Phi) is 4.85. The molecule has 0 fully saturated rings. The molecule has 0 aliphatic rings. The van der Waals surface area contributed by atoms with Crippen molar-refractivity contribution in [1.82, 2.24) is 4.98 Å². The third kappa shape index (κ3) is 3.95. The highest BCUT2D eigenvalue weighted by molar-refractivity contribution is 7.15. The van der Waals surface area contributed by atoms with Crippen molar-refractivity contribution in [1.29, 1.82) is 0 Å². The summed E-state index contributed by atoms with van der Waals surface area (Å²) in [5, 5.41) is 4.04. The minimum absolute atomic E-state index is 0.226. The normalized spacial score (nSPS) is 12.0. The third-order valence-electron chi connectivity index (χ3n) is 3.07. The van der Waals surface area contributed by atoms with Gasteiger partial charge in [0.25, 0.3) is 5.91 Å². The molecule has 0 saturated carbocycles. The standard InChI is InChI=1S/C15H17ClN2O2S/c1-8-7-12(5-6-13(8)16)20-10(3)14(19)18-15-17-9(2)11(4)21-15/h5-7,10H,1-4H3,(H,17,18,19)/t10-/m1/s1. The maximum Gasteiger partial charge on any atom is 0.266 e. The van der Waals surface area contributed by atoms with Crippen LogP contribution in [0.2, 0.25) is 5.02 Å². The molecular weight excluding hydrogens is 308 g/mol. The largest absolute Gasteiger partial charge is 0.481 e. The second kappa shape index (κ2) is 6.45. The molecule has 0 aliphatic heterocycles. The number of rotatable bonds is 4. The minimum Gasteiger partial charge on any atom is -0.481 e. The monoisotopic (exact) mass is 324 g/mol. The fraction of sp³-hybridized carbons (Fsp3) is 0.333. The van der Waals surface area contributed by atoms with Crippen LogP contribution in [0.25, 0.3) is 0 Å². The van der Waals surface area contributed by atoms with Crippen molar-refractivity contribution in [3.05, 3.63) is 39.4 Å². The van der Waals surface area contributed by atoms with Crippen molar-refractivity contribution in [3.8, 4) is 5.75 Å². The number of nitrogens with zero attached hydrogens (tertiary/aromatic N) is 1. The van der Waals surface area contributed by atoms with Gasteiger partial charge in [0.15, 0.2) is 11.2 Å². The van der Waals surface area contributed by atoms with Crippen LogP contribution in [0, 0.1) is 20.8 Å². The van der Waals surface area contributed by atoms with E-state index in [9.17, 15) is 4.79 Å². The minimum atomic E-state index is -0.616. The Hall–Kier alpha value is -1.59. The molecule has 1 aromatic heterocycles. The van der Waals surface area contributed by atoms with Crippen molar-refractivity contribution < 1.29 is 9.53 Å². The number of thiazole rings is 1. The first-order valence-electron chi connectivity index (χ1n) is 6.54. The van der Waals surface area contributed by atoms with Crippen molar-refractivity contribution >= 4 is 34.0 Å². The van der Waals surface area contributed by atoms with E-state index in [1.54, 1.807) is 19.1 Å². The summed E-state index contributed by atoms with van der Waals surface area (Å²) in [5.41, 5.74) is 1.84. The highest BCUT2D eigenvalue weighted by atomic mass is 35.5. The van der Waals surface area contributed by atoms with Crippen LogP contribution in [0.4, 0.5) is 5.13 Å². The van der Waals surface area contributed by atoms with Crippen LogP contribution >= 0.6 is 22.9 Å². The summed E-state index contributed by atoms with van der Waals surface area (Å²) in [6.45, 7) is 7.48. The molecule has 2 aromatic rings. The van der Waals surface area contributed by atoms with Crippen LogP contribution < -0.4 is 10.1 Å². The number of hydrogen-bond acceptors (Lipinski definition) is 4. The van der Waals surface area contributed by atoms with Gasteiger partial charge in [0.1, 0.15) is 5.75 Å². The topological polar surface area (TPSA) is 51.2 Å². The number of ether oxygens (including phenoxy) is 1. The molecule has 1 N–H and O–H groups in total. The van der Waals surface area contributed by atoms with Gasteiger partial charge in [-0.1, -0.05) is 11.6 Å². The summed E-state index contributed by atoms with van der Waals surface area (Å²) >= 11 is 7.42. The summed E-state index contributed by atoms with van der Waals surface area (Å²) < 4.78 is 5.63. The Bertz CT molecular complexity index is 650. The van der Waals surface area contributed by atoms with Gasteiger partial charge in [-0.05, 0) is 51.5 Å². The lowest BCUT2D eigenvalue weighted by Gasteiger charge is -2.14. The first kappa shape index (κ1) is 15.8. The number of benzene rings is 1. The van der Waals surface area contributed by atoms with Crippen LogP contribution in [-0.4, -0.2) is 17.0 Å². The highest BCUT2D eigenvalue weighted by Crippen LogP contribution is 2.23. The van der Waals surface area contributed by atoms with Gasteiger partial charge in [0.2, 0.25) is 0 Å². The van der Waals surface area contributed by atoms with E-state index in [4.69, 9.17) is 16.3 Å². The highest BCUT2D eigenvalue weighted by Gasteiger charge is 2.17. The Morgan fingerprint density at radius 1 is 1.38 bits per heavy atom. The zero-order chi connectivity index (χ0) is 15.6. The Morgan fingerprint density at radius 3 is 2.67 bits per heavy atom. The van der Waals surface area contributed by atoms with E-state index < -0.39 is 6.10 Å². The van der Waals surface area contributed by atoms with Gasteiger partial charge in [0.05, 0.1) is 5.69 Å². The number of carbonyl (C=O) groups excluding carboxylic acids is 1. The fourth-order valence-corrected chi connectivity index (χ4v) is 2.62. The number of anilines is 1. The number of hydrogen-bond donors (Lipinski definition) is 1. The number of nitrogens with one attached hydrogen (secondary N) is 1. The van der Waals surface area contributed by atoms with E-state index in [0.29, 0.717) is 15.9 Å². The lowest BCUT2D eigenvalue weighted by atomic mass is 10.2. The average molecular weight is 325 g/mol. The van der Waals surface area contributed by atoms with Crippen molar-refractivity contribution in [2.24, 2.45) is 0 Å². The number of carbonyl (C=O) groups is 1. The number of aryl methyl sites for hydroxylation is 3. The van der Waals surface area contributed by atoms with Crippen LogP contribution in [0.15, 0.2) is 18.2 Å². The predicted molar refractivity (Wildman–Crippen MR) is 86.5 cm³/mol. The zero-order valence-electron chi connectivity index (χ0n) is 12.4. The van der Waals surface area contributed by atoms with Crippen LogP contribution in [0.3, 0.4) is 0 Å². The second-order valence-corrected chi connectivity index (χ2v) is 6.43. The molecule has 0 radical (unpaired) electrons. The molecule has 0 saturated heterocycles. The first-order chi connectivity index (χ1) is 9.86. The molecule has 1 atom stereocenters. The van der Waals surface area contributed by atoms with Crippen molar-refractivity contribution in [2.45, 2.75) is 33.8 Å². The molecule has 112 valence electrons. The lowest BCUT2D eigenvalue weighted by Crippen LogP contribution is -2.30. The zero-order valence-corrected chi connectivity index (χ0v) is 13.9. The molecule has 21 heavy (non-hydrogen) atoms. The van der Waals surface area contributed by atoms with Crippen LogP contribution in [0.1, 0.15) is 23.1 Å². The first-order valence-corrected chi connectivity index (χ1v) is 7.74. The van der Waals surface area contributed by atoms with E-state index >= 15 is 0 Å². The summed E-state index contributed by atoms with van der Waals surface area (Å²) in [6.07, 6.45) is -0.616. The maximum atomic E-state index is 12.1. The Labute approximate surface area is 133 Å². The van der Waals surface area contributed by atoms with Crippen molar-refractivity contribution in [3.63, 3.8) is 0 Å². The van der Waals surface area contributed by atoms with E-state index in [0.717, 1.165) is 16.1 Å². The van der Waals surface area contributed by atoms with Crippen LogP contribution in [0.5, 0.6) is 5.75 Å². The summed E-state index contributed by atoms with van der Waals surface area (Å²) in [5.74, 6) is 0.391. The van der Waals surface area contributed by atoms with Gasteiger partial charge in [-0.25, -0.2) is 4.98 Å². The van der Waals surface area contributed by atoms with Gasteiger partial charge >= 0.3 is 0 Å². The quantitative estimate of drug-likeness (QED) is 0.920. The SMILES string of the molecule is Cc1cc(O[C@H](C)C(=O)Nc2nc(C)c(C)s2)ccc1Cl. The van der Waals surface area contributed by atoms with Gasteiger partial charge in [-0.3, -0.25) is 10.1 Å². The maximum absolute atomic E-state index is 12.1. The van der Waals surface area contributed by atoms with Crippen molar-refractivity contribution in [2.75, 3.05) is 5.32 Å². The molecule has 0 spiro atoms. The number of amides is 1. The average Bonchev–Trinajstić information content (AvgIpc) is 2.72. The van der Waals surface area contributed by atoms with E-state index in [-0.39, 0.29) is 5.91 Å². The number of halogens is 1. The molecule has 0 bridgehead atoms. The molecular formula is C15H17ClN2O2S. The summed E-state index contributed by atoms with van der Waals surface area (Å²) in [7, 11) is 0. The van der Waals surface area contributed by atoms with Gasteiger partial charge < -0.3 is 4.74 Å². The molecule has 1 amide bonds. The third-order valence-corrected chi connectivity index (χ3v) is 4.48. The predicted octanol–water partition coefficient (Wildman–Crippen LogP) is 4.13. The molecule has 0 aliphatic carbocycles. The fourth-order valence-electron chi connectivity index (χ4n) is 1.68. The molecule has 4 nitrogen and oxygen atoms in total. The smallest absolute Gasteiger partial charge is 0.266 e. The summed E-state index contributed by atoms with van der Waals surface area (Å²) in [4.78, 5) is 17.5. The van der Waals surface area contributed by atoms with Gasteiger partial charge in [-0.2, -0.15) is 0 Å². The molecule has 1 aromatic carbocycles. The molecule has 0 unspecified atom stereocenters. The van der Waals surface area contributed by atoms with E-state index in [2.05, 4.69) is 10.3 Å². The molecule has 1 heterocycles. The molecule has 2 rings (SSSR count). The van der Waals surface area contributed by atoms with E-state index in [1.165, 1.54) is 11.3 Å². The van der Waals surface area contributed by atoms with Gasteiger partial charge in [-0.15, -0.1) is 11.3 Å². The van der Waals surface area contributed by atoms with Crippen LogP contribution in [-0.2, 0) is 4.79 Å². The number of aromatic nitrogens is 1. The lowest BCUT2D eigenvalue weighted by molar-refractivity contribution is -0.122. The second-order valence-electron chi connectivity index (χ2n) is 4.82. The molecule has 6 heteroatoms. The summed E-state index contributed by atoms with van der Waals surface area (Å²) in [6, 6.07) is 5.31. The Balaban J connectivity index is 2.00.